The second-order valence-corrected chi connectivity index (χ2v) is 5.11. The van der Waals surface area contributed by atoms with Gasteiger partial charge in [0.05, 0.1) is 6.61 Å². The molecule has 2 N–H and O–H groups in total. The van der Waals surface area contributed by atoms with Gasteiger partial charge in [0.2, 0.25) is 0 Å². The summed E-state index contributed by atoms with van der Waals surface area (Å²) in [5.41, 5.74) is 0. The molecule has 0 spiro atoms. The van der Waals surface area contributed by atoms with Crippen molar-refractivity contribution in [2.75, 3.05) is 26.9 Å². The van der Waals surface area contributed by atoms with Gasteiger partial charge in [-0.15, -0.1) is 0 Å². The molecule has 5 heteroatoms. The predicted octanol–water partition coefficient (Wildman–Crippen LogP) is 1.83. The molecule has 0 aliphatic carbocycles. The highest BCUT2D eigenvalue weighted by Gasteiger charge is 2.15. The fourth-order valence-corrected chi connectivity index (χ4v) is 1.76. The average Bonchev–Trinajstić information content (AvgIpc) is 2.42. The van der Waals surface area contributed by atoms with E-state index in [4.69, 9.17) is 9.47 Å². The molecule has 114 valence electrons. The molecule has 4 nitrogen and oxygen atoms in total. The fourth-order valence-electron chi connectivity index (χ4n) is 1.76. The summed E-state index contributed by atoms with van der Waals surface area (Å²) in [5, 5.41) is 13.1. The van der Waals surface area contributed by atoms with Crippen LogP contribution in [0.3, 0.4) is 0 Å². The molecule has 1 aromatic rings. The van der Waals surface area contributed by atoms with Crippen LogP contribution in [0.4, 0.5) is 4.39 Å². The quantitative estimate of drug-likeness (QED) is 0.727. The average molecular weight is 285 g/mol. The number of hydrogen-bond donors (Lipinski definition) is 2. The molecule has 0 fully saturated rings. The van der Waals surface area contributed by atoms with Gasteiger partial charge in [-0.2, -0.15) is 0 Å². The van der Waals surface area contributed by atoms with E-state index < -0.39 is 11.9 Å². The van der Waals surface area contributed by atoms with Crippen LogP contribution >= 0.6 is 0 Å². The fraction of sp³-hybridized carbons (Fsp3) is 0.600. The molecular weight excluding hydrogens is 261 g/mol. The molecule has 0 heterocycles. The third kappa shape index (κ3) is 5.86. The first-order chi connectivity index (χ1) is 9.54. The molecule has 0 saturated carbocycles. The van der Waals surface area contributed by atoms with Crippen molar-refractivity contribution >= 4 is 0 Å². The second kappa shape index (κ2) is 8.89. The lowest BCUT2D eigenvalue weighted by molar-refractivity contribution is 0.0886. The van der Waals surface area contributed by atoms with E-state index in [2.05, 4.69) is 19.2 Å². The summed E-state index contributed by atoms with van der Waals surface area (Å²) in [4.78, 5) is 0. The minimum absolute atomic E-state index is 0.0474. The highest BCUT2D eigenvalue weighted by atomic mass is 19.1. The summed E-state index contributed by atoms with van der Waals surface area (Å²) < 4.78 is 23.7. The maximum atomic E-state index is 13.3. The van der Waals surface area contributed by atoms with Gasteiger partial charge in [-0.05, 0) is 18.1 Å². The molecule has 0 aliphatic rings. The van der Waals surface area contributed by atoms with Gasteiger partial charge in [0, 0.05) is 19.7 Å². The predicted molar refractivity (Wildman–Crippen MR) is 76.4 cm³/mol. The van der Waals surface area contributed by atoms with E-state index in [1.807, 2.05) is 0 Å². The Hall–Kier alpha value is -1.17. The molecule has 2 atom stereocenters. The summed E-state index contributed by atoms with van der Waals surface area (Å²) in [7, 11) is 1.65. The first kappa shape index (κ1) is 16.9. The smallest absolute Gasteiger partial charge is 0.165 e. The van der Waals surface area contributed by atoms with Crippen LogP contribution in [0.15, 0.2) is 24.3 Å². The Morgan fingerprint density at radius 2 is 1.95 bits per heavy atom. The van der Waals surface area contributed by atoms with Crippen LogP contribution in [0.1, 0.15) is 13.8 Å². The topological polar surface area (TPSA) is 50.7 Å². The van der Waals surface area contributed by atoms with Gasteiger partial charge in [0.25, 0.3) is 0 Å². The normalized spacial score (nSPS) is 14.3. The van der Waals surface area contributed by atoms with Crippen molar-refractivity contribution in [3.8, 4) is 5.75 Å². The van der Waals surface area contributed by atoms with Crippen LogP contribution in [-0.4, -0.2) is 44.1 Å². The zero-order valence-electron chi connectivity index (χ0n) is 12.3. The summed E-state index contributed by atoms with van der Waals surface area (Å²) in [6.07, 6.45) is -0.701. The van der Waals surface area contributed by atoms with Crippen LogP contribution in [0, 0.1) is 11.7 Å². The highest BCUT2D eigenvalue weighted by Crippen LogP contribution is 2.15. The molecule has 0 aliphatic heterocycles. The van der Waals surface area contributed by atoms with E-state index in [1.54, 1.807) is 19.2 Å². The number of rotatable bonds is 9. The molecule has 0 radical (unpaired) electrons. The van der Waals surface area contributed by atoms with E-state index >= 15 is 0 Å². The van der Waals surface area contributed by atoms with Crippen molar-refractivity contribution in [1.29, 1.82) is 0 Å². The van der Waals surface area contributed by atoms with Gasteiger partial charge in [-0.1, -0.05) is 26.0 Å². The highest BCUT2D eigenvalue weighted by molar-refractivity contribution is 5.23. The lowest BCUT2D eigenvalue weighted by atomic mass is 10.1. The van der Waals surface area contributed by atoms with E-state index in [0.717, 1.165) is 0 Å². The van der Waals surface area contributed by atoms with Crippen LogP contribution in [0.25, 0.3) is 0 Å². The third-order valence-corrected chi connectivity index (χ3v) is 3.03. The van der Waals surface area contributed by atoms with E-state index in [1.165, 1.54) is 12.1 Å². The Morgan fingerprint density at radius 3 is 2.55 bits per heavy atom. The largest absolute Gasteiger partial charge is 0.488 e. The number of hydrogen-bond acceptors (Lipinski definition) is 4. The van der Waals surface area contributed by atoms with E-state index in [-0.39, 0.29) is 18.4 Å². The zero-order valence-corrected chi connectivity index (χ0v) is 12.3. The maximum Gasteiger partial charge on any atom is 0.165 e. The van der Waals surface area contributed by atoms with Gasteiger partial charge >= 0.3 is 0 Å². The Balaban J connectivity index is 2.33. The first-order valence-electron chi connectivity index (χ1n) is 6.82. The molecule has 1 rings (SSSR count). The summed E-state index contributed by atoms with van der Waals surface area (Å²) >= 11 is 0. The molecule has 2 unspecified atom stereocenters. The zero-order chi connectivity index (χ0) is 15.0. The monoisotopic (exact) mass is 285 g/mol. The number of benzene rings is 1. The van der Waals surface area contributed by atoms with Gasteiger partial charge in [-0.3, -0.25) is 0 Å². The Kier molecular flexibility index (Phi) is 7.51. The summed E-state index contributed by atoms with van der Waals surface area (Å²) in [5.74, 6) is 0.130. The SMILES string of the molecule is COCC(NCC(O)COc1ccccc1F)C(C)C. The molecule has 0 saturated heterocycles. The lowest BCUT2D eigenvalue weighted by Crippen LogP contribution is -2.43. The van der Waals surface area contributed by atoms with Gasteiger partial charge < -0.3 is 19.9 Å². The number of ether oxygens (including phenoxy) is 2. The Morgan fingerprint density at radius 1 is 1.25 bits per heavy atom. The van der Waals surface area contributed by atoms with E-state index in [9.17, 15) is 9.50 Å². The Labute approximate surface area is 119 Å². The Bertz CT molecular complexity index is 387. The number of nitrogens with one attached hydrogen (secondary N) is 1. The van der Waals surface area contributed by atoms with Crippen molar-refractivity contribution in [1.82, 2.24) is 5.32 Å². The maximum absolute atomic E-state index is 13.3. The molecule has 1 aromatic carbocycles. The van der Waals surface area contributed by atoms with Gasteiger partial charge in [0.1, 0.15) is 12.7 Å². The standard InChI is InChI=1S/C15H24FNO3/c1-11(2)14(10-19-3)17-8-12(18)9-20-15-7-5-4-6-13(15)16/h4-7,11-12,14,17-18H,8-10H2,1-3H3. The van der Waals surface area contributed by atoms with E-state index in [0.29, 0.717) is 19.1 Å². The van der Waals surface area contributed by atoms with Crippen molar-refractivity contribution in [3.05, 3.63) is 30.1 Å². The number of aliphatic hydroxyl groups excluding tert-OH is 1. The molecule has 20 heavy (non-hydrogen) atoms. The third-order valence-electron chi connectivity index (χ3n) is 3.03. The summed E-state index contributed by atoms with van der Waals surface area (Å²) in [6, 6.07) is 6.32. The van der Waals surface area contributed by atoms with Crippen LogP contribution in [-0.2, 0) is 4.74 Å². The first-order valence-corrected chi connectivity index (χ1v) is 6.82. The van der Waals surface area contributed by atoms with Gasteiger partial charge in [-0.25, -0.2) is 4.39 Å². The number of aliphatic hydroxyl groups is 1. The minimum Gasteiger partial charge on any atom is -0.488 e. The molecule has 0 amide bonds. The second-order valence-electron chi connectivity index (χ2n) is 5.11. The number of halogens is 1. The van der Waals surface area contributed by atoms with Crippen LogP contribution in [0.2, 0.25) is 0 Å². The molecular formula is C15H24FNO3. The number of methoxy groups -OCH3 is 1. The lowest BCUT2D eigenvalue weighted by Gasteiger charge is -2.23. The van der Waals surface area contributed by atoms with Crippen molar-refractivity contribution in [2.45, 2.75) is 26.0 Å². The van der Waals surface area contributed by atoms with Crippen molar-refractivity contribution in [2.24, 2.45) is 5.92 Å². The van der Waals surface area contributed by atoms with Crippen LogP contribution < -0.4 is 10.1 Å². The van der Waals surface area contributed by atoms with Gasteiger partial charge in [0.15, 0.2) is 11.6 Å². The van der Waals surface area contributed by atoms with Crippen molar-refractivity contribution in [3.63, 3.8) is 0 Å². The molecule has 0 bridgehead atoms. The summed E-state index contributed by atoms with van der Waals surface area (Å²) in [6.45, 7) is 5.17. The van der Waals surface area contributed by atoms with Crippen LogP contribution in [0.5, 0.6) is 5.75 Å². The number of para-hydroxylation sites is 1. The van der Waals surface area contributed by atoms with Crippen molar-refractivity contribution < 1.29 is 19.0 Å². The minimum atomic E-state index is -0.701. The molecule has 0 aromatic heterocycles.